The molecular weight excluding hydrogens is 246 g/mol. The van der Waals surface area contributed by atoms with E-state index >= 15 is 0 Å². The molecule has 0 aliphatic rings. The van der Waals surface area contributed by atoms with Crippen LogP contribution < -0.4 is 11.5 Å². The van der Waals surface area contributed by atoms with Gasteiger partial charge in [-0.15, -0.1) is 0 Å². The minimum Gasteiger partial charge on any atom is -0.396 e. The van der Waals surface area contributed by atoms with Crippen molar-refractivity contribution in [2.45, 2.75) is 27.3 Å². The molecule has 0 aromatic carbocycles. The lowest BCUT2D eigenvalue weighted by Crippen LogP contribution is -2.41. The highest BCUT2D eigenvalue weighted by Crippen LogP contribution is 2.14. The number of nitrogen functional groups attached to an aromatic ring is 1. The largest absolute Gasteiger partial charge is 0.396 e. The highest BCUT2D eigenvalue weighted by Gasteiger charge is 2.24. The van der Waals surface area contributed by atoms with E-state index < -0.39 is 5.91 Å². The van der Waals surface area contributed by atoms with Crippen LogP contribution >= 0.6 is 0 Å². The number of aryl methyl sites for hydroxylation is 1. The second-order valence-electron chi connectivity index (χ2n) is 4.81. The zero-order chi connectivity index (χ0) is 14.6. The van der Waals surface area contributed by atoms with E-state index in [1.807, 2.05) is 20.8 Å². The van der Waals surface area contributed by atoms with Crippen molar-refractivity contribution in [2.24, 2.45) is 11.7 Å². The van der Waals surface area contributed by atoms with Gasteiger partial charge >= 0.3 is 0 Å². The highest BCUT2D eigenvalue weighted by atomic mass is 16.2. The minimum atomic E-state index is -0.546. The Morgan fingerprint density at radius 1 is 1.47 bits per heavy atom. The average Bonchev–Trinajstić information content (AvgIpc) is 2.67. The van der Waals surface area contributed by atoms with E-state index in [9.17, 15) is 9.59 Å². The van der Waals surface area contributed by atoms with E-state index in [0.29, 0.717) is 24.5 Å². The molecule has 19 heavy (non-hydrogen) atoms. The van der Waals surface area contributed by atoms with Crippen LogP contribution in [0.5, 0.6) is 0 Å². The monoisotopic (exact) mass is 267 g/mol. The van der Waals surface area contributed by atoms with Gasteiger partial charge in [0.2, 0.25) is 5.91 Å². The van der Waals surface area contributed by atoms with Gasteiger partial charge in [-0.05, 0) is 12.8 Å². The zero-order valence-corrected chi connectivity index (χ0v) is 11.6. The lowest BCUT2D eigenvalue weighted by atomic mass is 10.2. The van der Waals surface area contributed by atoms with Crippen molar-refractivity contribution in [1.82, 2.24) is 14.7 Å². The zero-order valence-electron chi connectivity index (χ0n) is 11.6. The maximum absolute atomic E-state index is 12.5. The molecule has 0 aliphatic carbocycles. The summed E-state index contributed by atoms with van der Waals surface area (Å²) in [6, 6.07) is 0. The van der Waals surface area contributed by atoms with Crippen molar-refractivity contribution >= 4 is 17.5 Å². The van der Waals surface area contributed by atoms with Crippen molar-refractivity contribution in [2.75, 3.05) is 18.8 Å². The quantitative estimate of drug-likeness (QED) is 0.760. The molecule has 0 radical (unpaired) electrons. The summed E-state index contributed by atoms with van der Waals surface area (Å²) in [6.07, 6.45) is 1.44. The fourth-order valence-electron chi connectivity index (χ4n) is 1.87. The number of primary amides is 1. The molecule has 0 spiro atoms. The first kappa shape index (κ1) is 15.0. The van der Waals surface area contributed by atoms with Gasteiger partial charge in [0.25, 0.3) is 5.91 Å². The maximum atomic E-state index is 12.5. The number of carbonyl (C=O) groups excluding carboxylic acids is 2. The molecule has 0 saturated carbocycles. The molecule has 2 amide bonds. The Hall–Kier alpha value is -2.05. The lowest BCUT2D eigenvalue weighted by molar-refractivity contribution is -0.118. The van der Waals surface area contributed by atoms with Crippen LogP contribution in [0, 0.1) is 5.92 Å². The van der Waals surface area contributed by atoms with E-state index in [1.54, 1.807) is 0 Å². The third kappa shape index (κ3) is 3.70. The fourth-order valence-corrected chi connectivity index (χ4v) is 1.87. The molecule has 0 fully saturated rings. The molecule has 7 nitrogen and oxygen atoms in total. The van der Waals surface area contributed by atoms with Crippen LogP contribution in [0.15, 0.2) is 6.20 Å². The van der Waals surface area contributed by atoms with E-state index in [2.05, 4.69) is 5.10 Å². The molecule has 1 aromatic rings. The number of hydrogen-bond acceptors (Lipinski definition) is 4. The first-order chi connectivity index (χ1) is 8.86. The summed E-state index contributed by atoms with van der Waals surface area (Å²) in [5.74, 6) is -0.637. The number of rotatable bonds is 6. The Morgan fingerprint density at radius 2 is 2.11 bits per heavy atom. The SMILES string of the molecule is CCn1ncc(N)c1C(=O)N(CC(N)=O)CC(C)C. The van der Waals surface area contributed by atoms with Crippen LogP contribution in [-0.2, 0) is 11.3 Å². The number of nitrogens with zero attached hydrogens (tertiary/aromatic N) is 3. The Kier molecular flexibility index (Phi) is 4.91. The number of nitrogens with two attached hydrogens (primary N) is 2. The Labute approximate surface area is 112 Å². The van der Waals surface area contributed by atoms with Gasteiger partial charge in [-0.2, -0.15) is 5.10 Å². The second-order valence-corrected chi connectivity index (χ2v) is 4.81. The Balaban J connectivity index is 3.03. The average molecular weight is 267 g/mol. The normalized spacial score (nSPS) is 10.7. The van der Waals surface area contributed by atoms with E-state index in [1.165, 1.54) is 15.8 Å². The number of hydrogen-bond donors (Lipinski definition) is 2. The van der Waals surface area contributed by atoms with Crippen LogP contribution in [0.4, 0.5) is 5.69 Å². The van der Waals surface area contributed by atoms with Crippen LogP contribution in [0.1, 0.15) is 31.3 Å². The van der Waals surface area contributed by atoms with Gasteiger partial charge in [-0.25, -0.2) is 0 Å². The van der Waals surface area contributed by atoms with Gasteiger partial charge < -0.3 is 16.4 Å². The van der Waals surface area contributed by atoms with E-state index in [0.717, 1.165) is 0 Å². The Morgan fingerprint density at radius 3 is 2.58 bits per heavy atom. The summed E-state index contributed by atoms with van der Waals surface area (Å²) < 4.78 is 1.52. The van der Waals surface area contributed by atoms with Crippen molar-refractivity contribution < 1.29 is 9.59 Å². The molecule has 1 rings (SSSR count). The summed E-state index contributed by atoms with van der Waals surface area (Å²) in [5.41, 5.74) is 11.6. The third-order valence-corrected chi connectivity index (χ3v) is 2.59. The van der Waals surface area contributed by atoms with Crippen molar-refractivity contribution in [3.05, 3.63) is 11.9 Å². The molecule has 0 bridgehead atoms. The standard InChI is InChI=1S/C12H21N5O2/c1-4-17-11(9(13)5-15-17)12(19)16(6-8(2)3)7-10(14)18/h5,8H,4,6-7,13H2,1-3H3,(H2,14,18). The molecule has 106 valence electrons. The molecule has 0 saturated heterocycles. The van der Waals surface area contributed by atoms with Crippen molar-refractivity contribution in [3.8, 4) is 0 Å². The van der Waals surface area contributed by atoms with Gasteiger partial charge in [0, 0.05) is 13.1 Å². The topological polar surface area (TPSA) is 107 Å². The van der Waals surface area contributed by atoms with Crippen LogP contribution in [0.3, 0.4) is 0 Å². The van der Waals surface area contributed by atoms with E-state index in [-0.39, 0.29) is 18.4 Å². The highest BCUT2D eigenvalue weighted by molar-refractivity contribution is 5.99. The Bertz CT molecular complexity index is 467. The van der Waals surface area contributed by atoms with Gasteiger partial charge in [-0.1, -0.05) is 13.8 Å². The number of aromatic nitrogens is 2. The molecular formula is C12H21N5O2. The van der Waals surface area contributed by atoms with E-state index in [4.69, 9.17) is 11.5 Å². The first-order valence-electron chi connectivity index (χ1n) is 6.25. The maximum Gasteiger partial charge on any atom is 0.274 e. The molecule has 7 heteroatoms. The summed E-state index contributed by atoms with van der Waals surface area (Å²) in [6.45, 7) is 6.64. The summed E-state index contributed by atoms with van der Waals surface area (Å²) in [4.78, 5) is 24.9. The van der Waals surface area contributed by atoms with Gasteiger partial charge in [0.15, 0.2) is 0 Å². The number of carbonyl (C=O) groups is 2. The van der Waals surface area contributed by atoms with Crippen LogP contribution in [0.25, 0.3) is 0 Å². The first-order valence-corrected chi connectivity index (χ1v) is 6.25. The molecule has 4 N–H and O–H groups in total. The summed E-state index contributed by atoms with van der Waals surface area (Å²) in [7, 11) is 0. The third-order valence-electron chi connectivity index (χ3n) is 2.59. The predicted molar refractivity (Wildman–Crippen MR) is 72.2 cm³/mol. The molecule has 1 heterocycles. The number of anilines is 1. The van der Waals surface area contributed by atoms with Gasteiger partial charge in [0.1, 0.15) is 5.69 Å². The summed E-state index contributed by atoms with van der Waals surface area (Å²) in [5, 5.41) is 4.02. The molecule has 0 atom stereocenters. The molecule has 0 aliphatic heterocycles. The minimum absolute atomic E-state index is 0.120. The second kappa shape index (κ2) is 6.21. The van der Waals surface area contributed by atoms with Gasteiger partial charge in [0.05, 0.1) is 18.4 Å². The lowest BCUT2D eigenvalue weighted by Gasteiger charge is -2.23. The van der Waals surface area contributed by atoms with Gasteiger partial charge in [-0.3, -0.25) is 14.3 Å². The van der Waals surface area contributed by atoms with Crippen LogP contribution in [0.2, 0.25) is 0 Å². The van der Waals surface area contributed by atoms with Crippen molar-refractivity contribution in [1.29, 1.82) is 0 Å². The number of amides is 2. The van der Waals surface area contributed by atoms with Crippen LogP contribution in [-0.4, -0.2) is 39.6 Å². The fraction of sp³-hybridized carbons (Fsp3) is 0.583. The smallest absolute Gasteiger partial charge is 0.274 e. The van der Waals surface area contributed by atoms with Crippen molar-refractivity contribution in [3.63, 3.8) is 0 Å². The molecule has 1 aromatic heterocycles. The summed E-state index contributed by atoms with van der Waals surface area (Å²) >= 11 is 0. The molecule has 0 unspecified atom stereocenters. The predicted octanol–water partition coefficient (Wildman–Crippen LogP) is 0.0687.